The normalized spacial score (nSPS) is 14.4. The van der Waals surface area contributed by atoms with E-state index in [2.05, 4.69) is 10.6 Å². The summed E-state index contributed by atoms with van der Waals surface area (Å²) in [7, 11) is 0. The molecule has 9 heteroatoms. The number of anilines is 1. The summed E-state index contributed by atoms with van der Waals surface area (Å²) < 4.78 is 11.4. The standard InChI is InChI=1S/C26H27N3O6/c1-14-11-20(23-15(2)16(3)26(33)35-21(23)12-14)34-17(4)24(31)28-19-7-5-18(6-8-19)25(32)29-10-9-27-22(30)13-29/h5-8,11-12,17H,9-10,13H2,1-4H3,(H,27,30)(H,28,31). The number of rotatable bonds is 5. The Morgan fingerprint density at radius 1 is 1.09 bits per heavy atom. The molecule has 1 aliphatic heterocycles. The van der Waals surface area contributed by atoms with Gasteiger partial charge in [0.2, 0.25) is 5.91 Å². The summed E-state index contributed by atoms with van der Waals surface area (Å²) in [6.07, 6.45) is -0.847. The van der Waals surface area contributed by atoms with Crippen LogP contribution in [0.3, 0.4) is 0 Å². The zero-order valence-corrected chi connectivity index (χ0v) is 20.1. The smallest absolute Gasteiger partial charge is 0.339 e. The van der Waals surface area contributed by atoms with Crippen LogP contribution in [0, 0.1) is 20.8 Å². The Hall–Kier alpha value is -4.14. The minimum atomic E-state index is -0.847. The molecule has 0 bridgehead atoms. The van der Waals surface area contributed by atoms with Crippen molar-refractivity contribution in [3.63, 3.8) is 0 Å². The van der Waals surface area contributed by atoms with E-state index >= 15 is 0 Å². The number of carbonyl (C=O) groups excluding carboxylic acids is 3. The second-order valence-corrected chi connectivity index (χ2v) is 8.68. The van der Waals surface area contributed by atoms with Crippen LogP contribution in [0.1, 0.15) is 34.0 Å². The minimum absolute atomic E-state index is 0.0300. The van der Waals surface area contributed by atoms with Gasteiger partial charge in [-0.2, -0.15) is 0 Å². The van der Waals surface area contributed by atoms with Gasteiger partial charge in [-0.15, -0.1) is 0 Å². The lowest BCUT2D eigenvalue weighted by molar-refractivity contribution is -0.123. The number of nitrogens with zero attached hydrogens (tertiary/aromatic N) is 1. The SMILES string of the molecule is Cc1cc(OC(C)C(=O)Nc2ccc(C(=O)N3CCNC(=O)C3)cc2)c2c(C)c(C)c(=O)oc2c1. The molecule has 0 aliphatic carbocycles. The van der Waals surface area contributed by atoms with Gasteiger partial charge >= 0.3 is 5.63 Å². The van der Waals surface area contributed by atoms with E-state index in [0.717, 1.165) is 11.1 Å². The largest absolute Gasteiger partial charge is 0.480 e. The molecule has 0 radical (unpaired) electrons. The highest BCUT2D eigenvalue weighted by Gasteiger charge is 2.23. The van der Waals surface area contributed by atoms with Crippen molar-refractivity contribution in [1.82, 2.24) is 10.2 Å². The van der Waals surface area contributed by atoms with Gasteiger partial charge in [0, 0.05) is 29.9 Å². The first-order valence-corrected chi connectivity index (χ1v) is 11.3. The van der Waals surface area contributed by atoms with Crippen molar-refractivity contribution < 1.29 is 23.5 Å². The second-order valence-electron chi connectivity index (χ2n) is 8.68. The van der Waals surface area contributed by atoms with Gasteiger partial charge in [-0.1, -0.05) is 0 Å². The molecular weight excluding hydrogens is 450 g/mol. The topological polar surface area (TPSA) is 118 Å². The quantitative estimate of drug-likeness (QED) is 0.546. The van der Waals surface area contributed by atoms with Crippen molar-refractivity contribution in [2.45, 2.75) is 33.8 Å². The Kier molecular flexibility index (Phi) is 6.59. The molecule has 4 rings (SSSR count). The molecule has 1 fully saturated rings. The molecule has 3 aromatic rings. The van der Waals surface area contributed by atoms with E-state index in [9.17, 15) is 19.2 Å². The van der Waals surface area contributed by atoms with Crippen molar-refractivity contribution in [1.29, 1.82) is 0 Å². The number of amides is 3. The number of carbonyl (C=O) groups is 3. The molecular formula is C26H27N3O6. The average molecular weight is 478 g/mol. The van der Waals surface area contributed by atoms with Crippen molar-refractivity contribution in [2.75, 3.05) is 25.0 Å². The fourth-order valence-electron chi connectivity index (χ4n) is 3.96. The highest BCUT2D eigenvalue weighted by atomic mass is 16.5. The van der Waals surface area contributed by atoms with Gasteiger partial charge in [0.05, 0.1) is 11.9 Å². The number of benzene rings is 2. The number of hydrogen-bond donors (Lipinski definition) is 2. The molecule has 9 nitrogen and oxygen atoms in total. The van der Waals surface area contributed by atoms with Gasteiger partial charge < -0.3 is 24.7 Å². The lowest BCUT2D eigenvalue weighted by Gasteiger charge is -2.26. The predicted octanol–water partition coefficient (Wildman–Crippen LogP) is 2.70. The molecule has 2 aromatic carbocycles. The molecule has 1 saturated heterocycles. The maximum absolute atomic E-state index is 12.8. The van der Waals surface area contributed by atoms with Crippen molar-refractivity contribution in [2.24, 2.45) is 0 Å². The van der Waals surface area contributed by atoms with E-state index in [4.69, 9.17) is 9.15 Å². The number of hydrogen-bond acceptors (Lipinski definition) is 6. The van der Waals surface area contributed by atoms with Crippen LogP contribution in [0.4, 0.5) is 5.69 Å². The van der Waals surface area contributed by atoms with Gasteiger partial charge in [-0.3, -0.25) is 14.4 Å². The third-order valence-electron chi connectivity index (χ3n) is 6.05. The Bertz CT molecular complexity index is 1380. The van der Waals surface area contributed by atoms with E-state index in [1.807, 2.05) is 13.8 Å². The zero-order valence-electron chi connectivity index (χ0n) is 20.1. The van der Waals surface area contributed by atoms with Crippen molar-refractivity contribution >= 4 is 34.4 Å². The molecule has 182 valence electrons. The zero-order chi connectivity index (χ0) is 25.3. The lowest BCUT2D eigenvalue weighted by Crippen LogP contribution is -2.49. The molecule has 1 aromatic heterocycles. The Balaban J connectivity index is 1.47. The van der Waals surface area contributed by atoms with Crippen LogP contribution in [0.15, 0.2) is 45.6 Å². The fraction of sp³-hybridized carbons (Fsp3) is 0.308. The van der Waals surface area contributed by atoms with E-state index < -0.39 is 11.7 Å². The number of ether oxygens (including phenoxy) is 1. The molecule has 35 heavy (non-hydrogen) atoms. The lowest BCUT2D eigenvalue weighted by atomic mass is 10.0. The Labute approximate surface area is 202 Å². The first kappa shape index (κ1) is 24.0. The summed E-state index contributed by atoms with van der Waals surface area (Å²) in [5.74, 6) is -0.342. The fourth-order valence-corrected chi connectivity index (χ4v) is 3.96. The molecule has 2 N–H and O–H groups in total. The molecule has 2 heterocycles. The number of aryl methyl sites for hydroxylation is 2. The van der Waals surface area contributed by atoms with Crippen LogP contribution in [0.2, 0.25) is 0 Å². The second kappa shape index (κ2) is 9.61. The summed E-state index contributed by atoms with van der Waals surface area (Å²) in [5.41, 5.74) is 3.01. The average Bonchev–Trinajstić information content (AvgIpc) is 2.82. The van der Waals surface area contributed by atoms with E-state index in [0.29, 0.717) is 46.6 Å². The molecule has 0 saturated carbocycles. The molecule has 1 aliphatic rings. The van der Waals surface area contributed by atoms with Gasteiger partial charge in [0.1, 0.15) is 11.3 Å². The van der Waals surface area contributed by atoms with Crippen LogP contribution < -0.4 is 21.0 Å². The summed E-state index contributed by atoms with van der Waals surface area (Å²) in [5, 5.41) is 6.13. The monoisotopic (exact) mass is 477 g/mol. The maximum atomic E-state index is 12.8. The Morgan fingerprint density at radius 2 is 1.80 bits per heavy atom. The van der Waals surface area contributed by atoms with Crippen LogP contribution in [0.5, 0.6) is 5.75 Å². The van der Waals surface area contributed by atoms with Crippen LogP contribution >= 0.6 is 0 Å². The third-order valence-corrected chi connectivity index (χ3v) is 6.05. The minimum Gasteiger partial charge on any atom is -0.480 e. The molecule has 1 atom stereocenters. The van der Waals surface area contributed by atoms with Crippen molar-refractivity contribution in [3.05, 3.63) is 69.1 Å². The summed E-state index contributed by atoms with van der Waals surface area (Å²) in [6.45, 7) is 7.90. The number of piperazine rings is 1. The highest BCUT2D eigenvalue weighted by Crippen LogP contribution is 2.31. The number of nitrogens with one attached hydrogen (secondary N) is 2. The summed E-state index contributed by atoms with van der Waals surface area (Å²) in [4.78, 5) is 50.5. The van der Waals surface area contributed by atoms with Gasteiger partial charge in [-0.05, 0) is 75.2 Å². The van der Waals surface area contributed by atoms with E-state index in [1.165, 1.54) is 4.90 Å². The van der Waals surface area contributed by atoms with E-state index in [1.54, 1.807) is 50.2 Å². The van der Waals surface area contributed by atoms with Gasteiger partial charge in [0.15, 0.2) is 6.10 Å². The first-order chi connectivity index (χ1) is 16.6. The number of fused-ring (bicyclic) bond motifs is 1. The molecule has 0 spiro atoms. The Morgan fingerprint density at radius 3 is 2.49 bits per heavy atom. The van der Waals surface area contributed by atoms with Crippen molar-refractivity contribution in [3.8, 4) is 5.75 Å². The summed E-state index contributed by atoms with van der Waals surface area (Å²) >= 11 is 0. The highest BCUT2D eigenvalue weighted by molar-refractivity contribution is 5.98. The first-order valence-electron chi connectivity index (χ1n) is 11.3. The van der Waals surface area contributed by atoms with E-state index in [-0.39, 0.29) is 24.3 Å². The summed E-state index contributed by atoms with van der Waals surface area (Å²) in [6, 6.07) is 10.0. The van der Waals surface area contributed by atoms with Crippen LogP contribution in [-0.2, 0) is 9.59 Å². The third kappa shape index (κ3) is 5.03. The van der Waals surface area contributed by atoms with Crippen LogP contribution in [-0.4, -0.2) is 48.4 Å². The van der Waals surface area contributed by atoms with Gasteiger partial charge in [0.25, 0.3) is 11.8 Å². The molecule has 3 amide bonds. The maximum Gasteiger partial charge on any atom is 0.339 e. The molecule has 1 unspecified atom stereocenters. The van der Waals surface area contributed by atoms with Gasteiger partial charge in [-0.25, -0.2) is 4.79 Å². The predicted molar refractivity (Wildman–Crippen MR) is 131 cm³/mol. The van der Waals surface area contributed by atoms with Crippen LogP contribution in [0.25, 0.3) is 11.0 Å².